The Hall–Kier alpha value is -0.740. The lowest BCUT2D eigenvalue weighted by molar-refractivity contribution is 0.194. The number of hydrogen-bond donors (Lipinski definition) is 1. The first-order chi connectivity index (χ1) is 10.7. The van der Waals surface area contributed by atoms with Crippen molar-refractivity contribution in [2.24, 2.45) is 5.41 Å². The van der Waals surface area contributed by atoms with Crippen LogP contribution in [-0.4, -0.2) is 37.7 Å². The minimum atomic E-state index is 0. The molecule has 0 unspecified atom stereocenters. The molecule has 2 aliphatic rings. The largest absolute Gasteiger partial charge is 0.488 e. The number of benzene rings is 1. The van der Waals surface area contributed by atoms with E-state index in [4.69, 9.17) is 16.3 Å². The molecule has 0 aromatic heterocycles. The topological polar surface area (TPSA) is 24.5 Å². The van der Waals surface area contributed by atoms with Crippen LogP contribution in [0.4, 0.5) is 0 Å². The number of nitrogens with one attached hydrogen (secondary N) is 1. The summed E-state index contributed by atoms with van der Waals surface area (Å²) in [5, 5.41) is 4.16. The van der Waals surface area contributed by atoms with E-state index in [9.17, 15) is 0 Å². The molecule has 0 radical (unpaired) electrons. The van der Waals surface area contributed by atoms with Gasteiger partial charge in [0.25, 0.3) is 0 Å². The number of likely N-dealkylation sites (tertiary alicyclic amines) is 1. The molecule has 1 N–H and O–H groups in total. The molecule has 3 rings (SSSR count). The van der Waals surface area contributed by atoms with Crippen LogP contribution in [0.25, 0.3) is 0 Å². The fourth-order valence-corrected chi connectivity index (χ4v) is 3.95. The molecule has 3 nitrogen and oxygen atoms in total. The number of nitrogens with zero attached hydrogens (tertiary/aromatic N) is 1. The highest BCUT2D eigenvalue weighted by atomic mass is 35.5. The Morgan fingerprint density at radius 1 is 1.30 bits per heavy atom. The minimum absolute atomic E-state index is 0. The van der Waals surface area contributed by atoms with Crippen molar-refractivity contribution in [3.8, 4) is 5.75 Å². The van der Waals surface area contributed by atoms with Crippen LogP contribution >= 0.6 is 24.0 Å². The molecular formula is C18H26Cl2N2O. The van der Waals surface area contributed by atoms with Crippen LogP contribution in [0.5, 0.6) is 5.75 Å². The summed E-state index contributed by atoms with van der Waals surface area (Å²) in [6.45, 7) is 9.90. The van der Waals surface area contributed by atoms with Crippen LogP contribution in [0.1, 0.15) is 24.8 Å². The molecule has 2 heterocycles. The first-order valence-corrected chi connectivity index (χ1v) is 8.54. The highest BCUT2D eigenvalue weighted by Gasteiger charge is 2.38. The van der Waals surface area contributed by atoms with Gasteiger partial charge in [0.05, 0.1) is 5.02 Å². The first kappa shape index (κ1) is 18.6. The summed E-state index contributed by atoms with van der Waals surface area (Å²) in [6, 6.07) is 6.13. The van der Waals surface area contributed by atoms with Gasteiger partial charge in [0.2, 0.25) is 0 Å². The lowest BCUT2D eigenvalue weighted by Gasteiger charge is -2.34. The third kappa shape index (κ3) is 4.63. The maximum absolute atomic E-state index is 6.31. The second-order valence-electron chi connectivity index (χ2n) is 6.58. The number of rotatable bonds is 5. The summed E-state index contributed by atoms with van der Waals surface area (Å²) in [7, 11) is 0. The molecular weight excluding hydrogens is 331 g/mol. The second kappa shape index (κ2) is 8.39. The quantitative estimate of drug-likeness (QED) is 0.809. The molecule has 128 valence electrons. The summed E-state index contributed by atoms with van der Waals surface area (Å²) in [4.78, 5) is 2.57. The van der Waals surface area contributed by atoms with E-state index in [1.54, 1.807) is 6.08 Å². The fourth-order valence-electron chi connectivity index (χ4n) is 3.69. The smallest absolute Gasteiger partial charge is 0.138 e. The van der Waals surface area contributed by atoms with Crippen LogP contribution in [0.3, 0.4) is 0 Å². The van der Waals surface area contributed by atoms with Gasteiger partial charge in [-0.15, -0.1) is 12.4 Å². The van der Waals surface area contributed by atoms with E-state index < -0.39 is 0 Å². The third-order valence-corrected chi connectivity index (χ3v) is 5.24. The summed E-state index contributed by atoms with van der Waals surface area (Å²) in [6.07, 6.45) is 5.70. The van der Waals surface area contributed by atoms with Gasteiger partial charge in [0, 0.05) is 13.1 Å². The van der Waals surface area contributed by atoms with Crippen molar-refractivity contribution in [2.75, 3.05) is 32.8 Å². The number of halogens is 2. The Labute approximate surface area is 150 Å². The lowest BCUT2D eigenvalue weighted by atomic mass is 9.78. The van der Waals surface area contributed by atoms with Gasteiger partial charge >= 0.3 is 0 Å². The first-order valence-electron chi connectivity index (χ1n) is 8.16. The zero-order chi connectivity index (χ0) is 15.4. The summed E-state index contributed by atoms with van der Waals surface area (Å²) >= 11 is 6.31. The van der Waals surface area contributed by atoms with Gasteiger partial charge in [0.15, 0.2) is 0 Å². The fraction of sp³-hybridized carbons (Fsp3) is 0.556. The lowest BCUT2D eigenvalue weighted by Crippen LogP contribution is -2.38. The van der Waals surface area contributed by atoms with Crippen LogP contribution in [0, 0.1) is 5.41 Å². The van der Waals surface area contributed by atoms with Crippen molar-refractivity contribution >= 4 is 24.0 Å². The van der Waals surface area contributed by atoms with Gasteiger partial charge in [0.1, 0.15) is 12.4 Å². The number of hydrogen-bond acceptors (Lipinski definition) is 3. The van der Waals surface area contributed by atoms with Crippen molar-refractivity contribution < 1.29 is 4.74 Å². The predicted molar refractivity (Wildman–Crippen MR) is 98.8 cm³/mol. The molecule has 2 aliphatic heterocycles. The Bertz CT molecular complexity index is 530. The zero-order valence-corrected chi connectivity index (χ0v) is 15.1. The maximum atomic E-state index is 6.31. The number of piperidine rings is 1. The highest BCUT2D eigenvalue weighted by molar-refractivity contribution is 6.32. The van der Waals surface area contributed by atoms with Crippen LogP contribution in [0.2, 0.25) is 5.02 Å². The van der Waals surface area contributed by atoms with E-state index in [0.717, 1.165) is 12.3 Å². The molecule has 0 saturated carbocycles. The van der Waals surface area contributed by atoms with Crippen LogP contribution < -0.4 is 10.1 Å². The molecule has 2 fully saturated rings. The monoisotopic (exact) mass is 356 g/mol. The SMILES string of the molecule is C=CCOc1ccc(CN2CCC3(CCNCC3)C2)cc1Cl.Cl. The molecule has 23 heavy (non-hydrogen) atoms. The maximum Gasteiger partial charge on any atom is 0.138 e. The molecule has 5 heteroatoms. The van der Waals surface area contributed by atoms with E-state index in [1.165, 1.54) is 51.0 Å². The molecule has 0 aliphatic carbocycles. The van der Waals surface area contributed by atoms with Gasteiger partial charge in [-0.1, -0.05) is 30.3 Å². The standard InChI is InChI=1S/C18H25ClN2O.ClH/c1-2-11-22-17-4-3-15(12-16(17)19)13-21-10-7-18(14-21)5-8-20-9-6-18;/h2-4,12,20H,1,5-11,13-14H2;1H. The van der Waals surface area contributed by atoms with Gasteiger partial charge in [-0.3, -0.25) is 4.90 Å². The molecule has 1 spiro atoms. The molecule has 1 aromatic carbocycles. The Morgan fingerprint density at radius 3 is 2.78 bits per heavy atom. The molecule has 2 saturated heterocycles. The van der Waals surface area contributed by atoms with E-state index in [0.29, 0.717) is 17.0 Å². The van der Waals surface area contributed by atoms with Gasteiger partial charge in [-0.25, -0.2) is 0 Å². The summed E-state index contributed by atoms with van der Waals surface area (Å²) < 4.78 is 5.53. The molecule has 1 aromatic rings. The van der Waals surface area contributed by atoms with E-state index >= 15 is 0 Å². The average Bonchev–Trinajstić information content (AvgIpc) is 2.89. The number of ether oxygens (including phenoxy) is 1. The molecule has 0 atom stereocenters. The Kier molecular flexibility index (Phi) is 6.78. The second-order valence-corrected chi connectivity index (χ2v) is 6.98. The highest BCUT2D eigenvalue weighted by Crippen LogP contribution is 2.39. The van der Waals surface area contributed by atoms with Crippen molar-refractivity contribution in [2.45, 2.75) is 25.8 Å². The summed E-state index contributed by atoms with van der Waals surface area (Å²) in [5.74, 6) is 0.738. The van der Waals surface area contributed by atoms with Crippen LogP contribution in [-0.2, 0) is 6.54 Å². The van der Waals surface area contributed by atoms with E-state index in [1.807, 2.05) is 12.1 Å². The minimum Gasteiger partial charge on any atom is -0.488 e. The van der Waals surface area contributed by atoms with Crippen molar-refractivity contribution in [3.05, 3.63) is 41.4 Å². The van der Waals surface area contributed by atoms with Crippen molar-refractivity contribution in [3.63, 3.8) is 0 Å². The van der Waals surface area contributed by atoms with Gasteiger partial charge in [-0.2, -0.15) is 0 Å². The van der Waals surface area contributed by atoms with E-state index in [-0.39, 0.29) is 12.4 Å². The van der Waals surface area contributed by atoms with Crippen molar-refractivity contribution in [1.29, 1.82) is 0 Å². The Morgan fingerprint density at radius 2 is 2.09 bits per heavy atom. The average molecular weight is 357 g/mol. The van der Waals surface area contributed by atoms with Gasteiger partial charge < -0.3 is 10.1 Å². The molecule has 0 amide bonds. The van der Waals surface area contributed by atoms with E-state index in [2.05, 4.69) is 22.9 Å². The van der Waals surface area contributed by atoms with Gasteiger partial charge in [-0.05, 0) is 62.0 Å². The van der Waals surface area contributed by atoms with Crippen molar-refractivity contribution in [1.82, 2.24) is 10.2 Å². The summed E-state index contributed by atoms with van der Waals surface area (Å²) in [5.41, 5.74) is 1.82. The predicted octanol–water partition coefficient (Wildman–Crippen LogP) is 3.90. The third-order valence-electron chi connectivity index (χ3n) is 4.94. The van der Waals surface area contributed by atoms with Crippen LogP contribution in [0.15, 0.2) is 30.9 Å². The Balaban J connectivity index is 0.00000192. The zero-order valence-electron chi connectivity index (χ0n) is 13.5. The molecule has 0 bridgehead atoms. The normalized spacial score (nSPS) is 20.2.